The molecule has 0 unspecified atom stereocenters. The fraction of sp³-hybridized carbons (Fsp3) is 0.316. The van der Waals surface area contributed by atoms with E-state index in [1.165, 1.54) is 0 Å². The molecule has 1 saturated heterocycles. The molecule has 3 aromatic rings. The summed E-state index contributed by atoms with van der Waals surface area (Å²) >= 11 is 0. The highest BCUT2D eigenvalue weighted by Gasteiger charge is 2.28. The summed E-state index contributed by atoms with van der Waals surface area (Å²) in [4.78, 5) is 10.3. The first kappa shape index (κ1) is 17.1. The molecule has 0 atom stereocenters. The third kappa shape index (κ3) is 3.08. The van der Waals surface area contributed by atoms with Crippen LogP contribution in [0.1, 0.15) is 11.4 Å². The van der Waals surface area contributed by atoms with Crippen LogP contribution in [-0.4, -0.2) is 48.9 Å². The van der Waals surface area contributed by atoms with E-state index in [0.29, 0.717) is 31.1 Å². The van der Waals surface area contributed by atoms with E-state index in [0.717, 1.165) is 28.1 Å². The standard InChI is InChI=1S/C19H22N4O2S/c1-14-4-3-5-17(12-14)26(24,25)23-10-8-22(9-11-23)16-6-7-18-19(13-16)21-15(2)20-18/h3-7,12-13H,8-11H2,1-2H3,(H,20,21). The second-order valence-electron chi connectivity index (χ2n) is 6.73. The molecular formula is C19H22N4O2S. The van der Waals surface area contributed by atoms with Crippen molar-refractivity contribution in [3.63, 3.8) is 0 Å². The number of aryl methyl sites for hydroxylation is 2. The predicted octanol–water partition coefficient (Wildman–Crippen LogP) is 2.69. The first-order valence-electron chi connectivity index (χ1n) is 8.72. The topological polar surface area (TPSA) is 69.3 Å². The van der Waals surface area contributed by atoms with Gasteiger partial charge in [0.15, 0.2) is 0 Å². The quantitative estimate of drug-likeness (QED) is 0.770. The van der Waals surface area contributed by atoms with E-state index in [4.69, 9.17) is 0 Å². The molecule has 1 aromatic heterocycles. The van der Waals surface area contributed by atoms with E-state index >= 15 is 0 Å². The third-order valence-corrected chi connectivity index (χ3v) is 6.71. The Morgan fingerprint density at radius 2 is 1.77 bits per heavy atom. The van der Waals surface area contributed by atoms with E-state index in [9.17, 15) is 8.42 Å². The molecule has 0 aliphatic carbocycles. The number of sulfonamides is 1. The molecule has 2 heterocycles. The van der Waals surface area contributed by atoms with Gasteiger partial charge < -0.3 is 9.88 Å². The molecule has 26 heavy (non-hydrogen) atoms. The molecule has 0 radical (unpaired) electrons. The number of hydrogen-bond acceptors (Lipinski definition) is 4. The molecule has 136 valence electrons. The predicted molar refractivity (Wildman–Crippen MR) is 103 cm³/mol. The van der Waals surface area contributed by atoms with Crippen molar-refractivity contribution < 1.29 is 8.42 Å². The molecule has 1 N–H and O–H groups in total. The Hall–Kier alpha value is -2.38. The summed E-state index contributed by atoms with van der Waals surface area (Å²) in [6, 6.07) is 13.2. The van der Waals surface area contributed by atoms with Gasteiger partial charge in [0.2, 0.25) is 10.0 Å². The van der Waals surface area contributed by atoms with Crippen LogP contribution >= 0.6 is 0 Å². The normalized spacial score (nSPS) is 16.3. The van der Waals surface area contributed by atoms with Crippen LogP contribution in [0.2, 0.25) is 0 Å². The molecule has 6 nitrogen and oxygen atoms in total. The lowest BCUT2D eigenvalue weighted by molar-refractivity contribution is 0.385. The van der Waals surface area contributed by atoms with Gasteiger partial charge in [0, 0.05) is 31.9 Å². The van der Waals surface area contributed by atoms with E-state index in [-0.39, 0.29) is 0 Å². The fourth-order valence-corrected chi connectivity index (χ4v) is 4.96. The minimum Gasteiger partial charge on any atom is -0.369 e. The Balaban J connectivity index is 1.51. The fourth-order valence-electron chi connectivity index (χ4n) is 3.43. The molecule has 2 aromatic carbocycles. The van der Waals surface area contributed by atoms with Gasteiger partial charge in [0.1, 0.15) is 5.82 Å². The van der Waals surface area contributed by atoms with E-state index < -0.39 is 10.0 Å². The number of aromatic amines is 1. The van der Waals surface area contributed by atoms with E-state index in [1.54, 1.807) is 22.5 Å². The van der Waals surface area contributed by atoms with Gasteiger partial charge in [-0.15, -0.1) is 0 Å². The third-order valence-electron chi connectivity index (χ3n) is 4.81. The van der Waals surface area contributed by atoms with Gasteiger partial charge in [-0.3, -0.25) is 0 Å². The lowest BCUT2D eigenvalue weighted by Crippen LogP contribution is -2.48. The smallest absolute Gasteiger partial charge is 0.243 e. The molecule has 1 fully saturated rings. The van der Waals surface area contributed by atoms with E-state index in [1.807, 2.05) is 32.0 Å². The van der Waals surface area contributed by atoms with Crippen LogP contribution in [0.5, 0.6) is 0 Å². The number of nitrogens with one attached hydrogen (secondary N) is 1. The maximum absolute atomic E-state index is 12.9. The van der Waals surface area contributed by atoms with Crippen molar-refractivity contribution in [3.8, 4) is 0 Å². The highest BCUT2D eigenvalue weighted by atomic mass is 32.2. The van der Waals surface area contributed by atoms with Gasteiger partial charge in [0.25, 0.3) is 0 Å². The van der Waals surface area contributed by atoms with Crippen LogP contribution < -0.4 is 4.90 Å². The summed E-state index contributed by atoms with van der Waals surface area (Å²) in [6.07, 6.45) is 0. The number of H-pyrrole nitrogens is 1. The molecule has 1 aliphatic heterocycles. The highest BCUT2D eigenvalue weighted by Crippen LogP contribution is 2.24. The number of imidazole rings is 1. The average molecular weight is 370 g/mol. The zero-order valence-corrected chi connectivity index (χ0v) is 15.8. The van der Waals surface area contributed by atoms with Crippen molar-refractivity contribution in [1.82, 2.24) is 14.3 Å². The Bertz CT molecular complexity index is 1050. The van der Waals surface area contributed by atoms with Crippen molar-refractivity contribution in [1.29, 1.82) is 0 Å². The second-order valence-corrected chi connectivity index (χ2v) is 8.67. The molecule has 1 aliphatic rings. The minimum atomic E-state index is -3.43. The number of rotatable bonds is 3. The number of fused-ring (bicyclic) bond motifs is 1. The first-order valence-corrected chi connectivity index (χ1v) is 10.2. The molecule has 4 rings (SSSR count). The molecular weight excluding hydrogens is 348 g/mol. The van der Waals surface area contributed by atoms with Crippen molar-refractivity contribution in [2.75, 3.05) is 31.1 Å². The minimum absolute atomic E-state index is 0.375. The summed E-state index contributed by atoms with van der Waals surface area (Å²) in [7, 11) is -3.43. The number of hydrogen-bond donors (Lipinski definition) is 1. The van der Waals surface area contributed by atoms with Crippen molar-refractivity contribution in [2.45, 2.75) is 18.7 Å². The molecule has 0 spiro atoms. The first-order chi connectivity index (χ1) is 12.4. The van der Waals surface area contributed by atoms with Crippen LogP contribution in [0.15, 0.2) is 47.4 Å². The lowest BCUT2D eigenvalue weighted by atomic mass is 10.2. The Morgan fingerprint density at radius 3 is 2.50 bits per heavy atom. The number of aromatic nitrogens is 2. The van der Waals surface area contributed by atoms with Gasteiger partial charge in [-0.05, 0) is 49.7 Å². The van der Waals surface area contributed by atoms with Crippen molar-refractivity contribution in [2.24, 2.45) is 0 Å². The SMILES string of the molecule is Cc1cccc(S(=O)(=O)N2CCN(c3ccc4nc(C)[nH]c4c3)CC2)c1. The van der Waals surface area contributed by atoms with Crippen molar-refractivity contribution in [3.05, 3.63) is 53.9 Å². The molecule has 7 heteroatoms. The van der Waals surface area contributed by atoms with Crippen LogP contribution in [0.4, 0.5) is 5.69 Å². The zero-order chi connectivity index (χ0) is 18.3. The van der Waals surface area contributed by atoms with Gasteiger partial charge in [-0.2, -0.15) is 4.31 Å². The van der Waals surface area contributed by atoms with Gasteiger partial charge >= 0.3 is 0 Å². The number of benzene rings is 2. The van der Waals surface area contributed by atoms with Crippen molar-refractivity contribution >= 4 is 26.7 Å². The summed E-state index contributed by atoms with van der Waals surface area (Å²) in [5.74, 6) is 0.895. The monoisotopic (exact) mass is 370 g/mol. The van der Waals surface area contributed by atoms with Gasteiger partial charge in [-0.25, -0.2) is 13.4 Å². The maximum atomic E-state index is 12.9. The van der Waals surface area contributed by atoms with Crippen LogP contribution in [-0.2, 0) is 10.0 Å². The summed E-state index contributed by atoms with van der Waals surface area (Å²) in [5, 5.41) is 0. The Kier molecular flexibility index (Phi) is 4.20. The number of piperazine rings is 1. The molecule has 0 saturated carbocycles. The largest absolute Gasteiger partial charge is 0.369 e. The van der Waals surface area contributed by atoms with Gasteiger partial charge in [-0.1, -0.05) is 12.1 Å². The van der Waals surface area contributed by atoms with Crippen LogP contribution in [0.25, 0.3) is 11.0 Å². The Morgan fingerprint density at radius 1 is 1.00 bits per heavy atom. The average Bonchev–Trinajstić information content (AvgIpc) is 3.01. The second kappa shape index (κ2) is 6.41. The number of nitrogens with zero attached hydrogens (tertiary/aromatic N) is 3. The van der Waals surface area contributed by atoms with Crippen LogP contribution in [0.3, 0.4) is 0 Å². The molecule has 0 amide bonds. The zero-order valence-electron chi connectivity index (χ0n) is 14.9. The highest BCUT2D eigenvalue weighted by molar-refractivity contribution is 7.89. The summed E-state index contributed by atoms with van der Waals surface area (Å²) in [6.45, 7) is 6.15. The summed E-state index contributed by atoms with van der Waals surface area (Å²) in [5.41, 5.74) is 4.00. The lowest BCUT2D eigenvalue weighted by Gasteiger charge is -2.35. The Labute approximate surface area is 153 Å². The maximum Gasteiger partial charge on any atom is 0.243 e. The number of anilines is 1. The van der Waals surface area contributed by atoms with Crippen LogP contribution in [0, 0.1) is 13.8 Å². The van der Waals surface area contributed by atoms with E-state index in [2.05, 4.69) is 20.9 Å². The summed E-state index contributed by atoms with van der Waals surface area (Å²) < 4.78 is 27.3. The van der Waals surface area contributed by atoms with Gasteiger partial charge in [0.05, 0.1) is 15.9 Å². The molecule has 0 bridgehead atoms.